The van der Waals surface area contributed by atoms with Gasteiger partial charge in [-0.15, -0.1) is 0 Å². The van der Waals surface area contributed by atoms with Gasteiger partial charge in [0.05, 0.1) is 12.0 Å². The fourth-order valence-corrected chi connectivity index (χ4v) is 3.86. The van der Waals surface area contributed by atoms with Crippen LogP contribution in [0, 0.1) is 24.2 Å². The summed E-state index contributed by atoms with van der Waals surface area (Å²) < 4.78 is 0. The first-order valence-electron chi connectivity index (χ1n) is 9.48. The van der Waals surface area contributed by atoms with Gasteiger partial charge in [0.1, 0.15) is 0 Å². The summed E-state index contributed by atoms with van der Waals surface area (Å²) in [5, 5.41) is 10.1. The molecule has 0 saturated carbocycles. The predicted molar refractivity (Wildman–Crippen MR) is 109 cm³/mol. The monoisotopic (exact) mass is 371 g/mol. The molecule has 2 heterocycles. The molecule has 28 heavy (non-hydrogen) atoms. The summed E-state index contributed by atoms with van der Waals surface area (Å²) in [4.78, 5) is 29.0. The largest absolute Gasteiger partial charge is 0.337 e. The first-order valence-corrected chi connectivity index (χ1v) is 9.48. The number of hydrogen-bond donors (Lipinski definition) is 1. The number of likely N-dealkylation sites (tertiary alicyclic amines) is 1. The predicted octanol–water partition coefficient (Wildman–Crippen LogP) is 3.88. The zero-order chi connectivity index (χ0) is 19.7. The van der Waals surface area contributed by atoms with E-state index in [1.165, 1.54) is 0 Å². The third kappa shape index (κ3) is 3.41. The maximum Gasteiger partial charge on any atom is 0.253 e. The van der Waals surface area contributed by atoms with Gasteiger partial charge >= 0.3 is 0 Å². The Balaban J connectivity index is 1.60. The SMILES string of the molecule is Cc1cc(=O)[nH]c2ccc(-c3ccc(C(=O)N4CCCC(C#N)C4)cc3)cc12. The molecule has 0 spiro atoms. The Hall–Kier alpha value is -3.39. The van der Waals surface area contributed by atoms with Gasteiger partial charge in [0.25, 0.3) is 5.91 Å². The second-order valence-electron chi connectivity index (χ2n) is 7.37. The van der Waals surface area contributed by atoms with Crippen LogP contribution in [-0.4, -0.2) is 28.9 Å². The molecule has 3 aromatic rings. The zero-order valence-electron chi connectivity index (χ0n) is 15.7. The molecule has 2 aromatic carbocycles. The van der Waals surface area contributed by atoms with Gasteiger partial charge in [-0.2, -0.15) is 5.26 Å². The van der Waals surface area contributed by atoms with E-state index in [4.69, 9.17) is 5.26 Å². The van der Waals surface area contributed by atoms with Crippen molar-refractivity contribution in [2.24, 2.45) is 5.92 Å². The minimum Gasteiger partial charge on any atom is -0.337 e. The lowest BCUT2D eigenvalue weighted by atomic mass is 9.98. The third-order valence-electron chi connectivity index (χ3n) is 5.41. The molecule has 1 amide bonds. The first-order chi connectivity index (χ1) is 13.5. The highest BCUT2D eigenvalue weighted by Crippen LogP contribution is 2.26. The van der Waals surface area contributed by atoms with Crippen LogP contribution in [0.4, 0.5) is 0 Å². The van der Waals surface area contributed by atoms with Gasteiger partial charge in [0, 0.05) is 35.6 Å². The van der Waals surface area contributed by atoms with Crippen LogP contribution in [0.25, 0.3) is 22.0 Å². The molecule has 0 radical (unpaired) electrons. The number of nitrogens with zero attached hydrogens (tertiary/aromatic N) is 2. The molecule has 0 bridgehead atoms. The van der Waals surface area contributed by atoms with Gasteiger partial charge in [-0.3, -0.25) is 9.59 Å². The standard InChI is InChI=1S/C23H21N3O2/c1-15-11-22(27)25-21-9-8-19(12-20(15)21)17-4-6-18(7-5-17)23(28)26-10-2-3-16(13-24)14-26/h4-9,11-12,16H,2-3,10,14H2,1H3,(H,25,27). The van der Waals surface area contributed by atoms with Gasteiger partial charge in [0.2, 0.25) is 5.56 Å². The maximum absolute atomic E-state index is 12.7. The van der Waals surface area contributed by atoms with Crippen LogP contribution in [0.5, 0.6) is 0 Å². The quantitative estimate of drug-likeness (QED) is 0.743. The average molecular weight is 371 g/mol. The van der Waals surface area contributed by atoms with E-state index < -0.39 is 0 Å². The number of carbonyl (C=O) groups excluding carboxylic acids is 1. The van der Waals surface area contributed by atoms with E-state index in [2.05, 4.69) is 17.1 Å². The number of hydrogen-bond acceptors (Lipinski definition) is 3. The summed E-state index contributed by atoms with van der Waals surface area (Å²) in [6, 6.07) is 17.4. The van der Waals surface area contributed by atoms with Crippen LogP contribution in [0.15, 0.2) is 53.3 Å². The molecule has 1 aromatic heterocycles. The van der Waals surface area contributed by atoms with Crippen molar-refractivity contribution in [3.05, 3.63) is 70.0 Å². The minimum atomic E-state index is -0.100. The fraction of sp³-hybridized carbons (Fsp3) is 0.261. The highest BCUT2D eigenvalue weighted by Gasteiger charge is 2.24. The van der Waals surface area contributed by atoms with Crippen molar-refractivity contribution in [1.82, 2.24) is 9.88 Å². The van der Waals surface area contributed by atoms with Crippen molar-refractivity contribution >= 4 is 16.8 Å². The number of fused-ring (bicyclic) bond motifs is 1. The second kappa shape index (κ2) is 7.32. The Morgan fingerprint density at radius 1 is 1.14 bits per heavy atom. The van der Waals surface area contributed by atoms with Crippen molar-refractivity contribution in [2.45, 2.75) is 19.8 Å². The molecule has 1 fully saturated rings. The lowest BCUT2D eigenvalue weighted by molar-refractivity contribution is 0.0699. The average Bonchev–Trinajstić information content (AvgIpc) is 2.73. The van der Waals surface area contributed by atoms with E-state index in [1.807, 2.05) is 43.3 Å². The Morgan fingerprint density at radius 2 is 1.89 bits per heavy atom. The maximum atomic E-state index is 12.7. The number of carbonyl (C=O) groups is 1. The van der Waals surface area contributed by atoms with Crippen molar-refractivity contribution in [3.63, 3.8) is 0 Å². The van der Waals surface area contributed by atoms with Gasteiger partial charge in [-0.05, 0) is 60.7 Å². The molecule has 1 aliphatic heterocycles. The van der Waals surface area contributed by atoms with Crippen molar-refractivity contribution in [2.75, 3.05) is 13.1 Å². The highest BCUT2D eigenvalue weighted by molar-refractivity contribution is 5.95. The van der Waals surface area contributed by atoms with Crippen LogP contribution in [0.3, 0.4) is 0 Å². The van der Waals surface area contributed by atoms with Crippen molar-refractivity contribution < 1.29 is 4.79 Å². The number of aryl methyl sites for hydroxylation is 1. The molecule has 1 aliphatic rings. The van der Waals surface area contributed by atoms with Crippen LogP contribution in [0.2, 0.25) is 0 Å². The topological polar surface area (TPSA) is 77.0 Å². The zero-order valence-corrected chi connectivity index (χ0v) is 15.7. The molecule has 5 nitrogen and oxygen atoms in total. The molecular weight excluding hydrogens is 350 g/mol. The number of pyridine rings is 1. The number of rotatable bonds is 2. The normalized spacial score (nSPS) is 16.7. The number of H-pyrrole nitrogens is 1. The number of nitriles is 1. The Kier molecular flexibility index (Phi) is 4.70. The molecular formula is C23H21N3O2. The van der Waals surface area contributed by atoms with Gasteiger partial charge in [-0.25, -0.2) is 0 Å². The summed E-state index contributed by atoms with van der Waals surface area (Å²) in [5.41, 5.74) is 4.34. The van der Waals surface area contributed by atoms with Gasteiger partial charge in [-0.1, -0.05) is 18.2 Å². The Morgan fingerprint density at radius 3 is 2.64 bits per heavy atom. The number of piperidine rings is 1. The summed E-state index contributed by atoms with van der Waals surface area (Å²) in [6.07, 6.45) is 1.74. The van der Waals surface area contributed by atoms with E-state index >= 15 is 0 Å². The summed E-state index contributed by atoms with van der Waals surface area (Å²) in [5.74, 6) is -0.0808. The van der Waals surface area contributed by atoms with E-state index in [-0.39, 0.29) is 17.4 Å². The lowest BCUT2D eigenvalue weighted by Crippen LogP contribution is -2.39. The number of benzene rings is 2. The molecule has 4 rings (SSSR count). The molecule has 5 heteroatoms. The van der Waals surface area contributed by atoms with E-state index in [9.17, 15) is 9.59 Å². The number of aromatic nitrogens is 1. The smallest absolute Gasteiger partial charge is 0.253 e. The van der Waals surface area contributed by atoms with Crippen molar-refractivity contribution in [1.29, 1.82) is 5.26 Å². The first kappa shape index (κ1) is 18.0. The molecule has 1 atom stereocenters. The Labute approximate surface area is 163 Å². The van der Waals surface area contributed by atoms with Gasteiger partial charge < -0.3 is 9.88 Å². The van der Waals surface area contributed by atoms with E-state index in [0.29, 0.717) is 18.7 Å². The third-order valence-corrected chi connectivity index (χ3v) is 5.41. The number of amides is 1. The Bertz CT molecular complexity index is 1140. The van der Waals surface area contributed by atoms with Gasteiger partial charge in [0.15, 0.2) is 0 Å². The fourth-order valence-electron chi connectivity index (χ4n) is 3.86. The number of nitrogens with one attached hydrogen (secondary N) is 1. The summed E-state index contributed by atoms with van der Waals surface area (Å²) in [7, 11) is 0. The molecule has 1 N–H and O–H groups in total. The number of aromatic amines is 1. The van der Waals surface area contributed by atoms with Crippen LogP contribution >= 0.6 is 0 Å². The van der Waals surface area contributed by atoms with E-state index in [1.54, 1.807) is 11.0 Å². The summed E-state index contributed by atoms with van der Waals surface area (Å²) >= 11 is 0. The van der Waals surface area contributed by atoms with E-state index in [0.717, 1.165) is 40.4 Å². The van der Waals surface area contributed by atoms with Crippen LogP contribution in [-0.2, 0) is 0 Å². The summed E-state index contributed by atoms with van der Waals surface area (Å²) in [6.45, 7) is 3.15. The van der Waals surface area contributed by atoms with Crippen LogP contribution < -0.4 is 5.56 Å². The lowest BCUT2D eigenvalue weighted by Gasteiger charge is -2.29. The molecule has 1 unspecified atom stereocenters. The molecule has 1 saturated heterocycles. The second-order valence-corrected chi connectivity index (χ2v) is 7.37. The molecule has 0 aliphatic carbocycles. The minimum absolute atomic E-state index is 0.0153. The molecule has 140 valence electrons. The van der Waals surface area contributed by atoms with Crippen LogP contribution in [0.1, 0.15) is 28.8 Å². The van der Waals surface area contributed by atoms with Crippen molar-refractivity contribution in [3.8, 4) is 17.2 Å². The highest BCUT2D eigenvalue weighted by atomic mass is 16.2.